The van der Waals surface area contributed by atoms with E-state index in [4.69, 9.17) is 10.00 Å². The van der Waals surface area contributed by atoms with Gasteiger partial charge in [0.25, 0.3) is 0 Å². The second-order valence-electron chi connectivity index (χ2n) is 5.40. The lowest BCUT2D eigenvalue weighted by atomic mass is 10.1. The molecule has 0 aliphatic rings. The van der Waals surface area contributed by atoms with Crippen molar-refractivity contribution in [2.45, 2.75) is 26.9 Å². The van der Waals surface area contributed by atoms with Crippen LogP contribution in [0.1, 0.15) is 30.5 Å². The van der Waals surface area contributed by atoms with Gasteiger partial charge in [0.05, 0.1) is 24.8 Å². The SMILES string of the molecule is CCNC(=NCc1cccc(C#N)c1)NCc1ccccc1OCC. The number of nitrogens with zero attached hydrogens (tertiary/aromatic N) is 2. The fourth-order valence-corrected chi connectivity index (χ4v) is 2.38. The molecule has 0 saturated carbocycles. The van der Waals surface area contributed by atoms with Crippen LogP contribution < -0.4 is 15.4 Å². The predicted molar refractivity (Wildman–Crippen MR) is 100 cm³/mol. The van der Waals surface area contributed by atoms with Gasteiger partial charge >= 0.3 is 0 Å². The van der Waals surface area contributed by atoms with E-state index in [1.165, 1.54) is 0 Å². The average molecular weight is 336 g/mol. The summed E-state index contributed by atoms with van der Waals surface area (Å²) in [7, 11) is 0. The highest BCUT2D eigenvalue weighted by atomic mass is 16.5. The van der Waals surface area contributed by atoms with Gasteiger partial charge in [-0.15, -0.1) is 0 Å². The van der Waals surface area contributed by atoms with Crippen molar-refractivity contribution in [2.24, 2.45) is 4.99 Å². The zero-order chi connectivity index (χ0) is 17.9. The van der Waals surface area contributed by atoms with Gasteiger partial charge in [0.1, 0.15) is 5.75 Å². The molecule has 2 aromatic carbocycles. The van der Waals surface area contributed by atoms with Crippen molar-refractivity contribution < 1.29 is 4.74 Å². The lowest BCUT2D eigenvalue weighted by Gasteiger charge is -2.14. The van der Waals surface area contributed by atoms with Crippen LogP contribution in [0.2, 0.25) is 0 Å². The van der Waals surface area contributed by atoms with Gasteiger partial charge in [-0.1, -0.05) is 30.3 Å². The smallest absolute Gasteiger partial charge is 0.191 e. The number of hydrogen-bond acceptors (Lipinski definition) is 3. The van der Waals surface area contributed by atoms with E-state index in [2.05, 4.69) is 21.7 Å². The maximum absolute atomic E-state index is 8.98. The largest absolute Gasteiger partial charge is 0.494 e. The lowest BCUT2D eigenvalue weighted by Crippen LogP contribution is -2.36. The number of rotatable bonds is 7. The third kappa shape index (κ3) is 5.85. The molecule has 25 heavy (non-hydrogen) atoms. The Kier molecular flexibility index (Phi) is 7.33. The Hall–Kier alpha value is -3.00. The molecular formula is C20H24N4O. The highest BCUT2D eigenvalue weighted by Crippen LogP contribution is 2.17. The van der Waals surface area contributed by atoms with Crippen LogP contribution in [0.3, 0.4) is 0 Å². The molecule has 0 aliphatic heterocycles. The number of hydrogen-bond donors (Lipinski definition) is 2. The molecule has 0 atom stereocenters. The first-order valence-corrected chi connectivity index (χ1v) is 8.48. The number of nitriles is 1. The van der Waals surface area contributed by atoms with Crippen LogP contribution in [-0.4, -0.2) is 19.1 Å². The van der Waals surface area contributed by atoms with Crippen molar-refractivity contribution >= 4 is 5.96 Å². The number of para-hydroxylation sites is 1. The summed E-state index contributed by atoms with van der Waals surface area (Å²) in [5.41, 5.74) is 2.74. The summed E-state index contributed by atoms with van der Waals surface area (Å²) in [4.78, 5) is 4.59. The maximum Gasteiger partial charge on any atom is 0.191 e. The van der Waals surface area contributed by atoms with Gasteiger partial charge in [-0.05, 0) is 37.6 Å². The molecule has 2 rings (SSSR count). The van der Waals surface area contributed by atoms with E-state index in [9.17, 15) is 0 Å². The van der Waals surface area contributed by atoms with Crippen molar-refractivity contribution in [1.29, 1.82) is 5.26 Å². The standard InChI is InChI=1S/C20H24N4O/c1-3-22-20(23-14-17-9-7-8-16(12-17)13-21)24-15-18-10-5-6-11-19(18)25-4-2/h5-12H,3-4,14-15H2,1-2H3,(H2,22,23,24). The molecule has 0 heterocycles. The van der Waals surface area contributed by atoms with Gasteiger partial charge in [-0.3, -0.25) is 0 Å². The molecule has 0 spiro atoms. The van der Waals surface area contributed by atoms with Crippen LogP contribution in [0.5, 0.6) is 5.75 Å². The summed E-state index contributed by atoms with van der Waals surface area (Å²) >= 11 is 0. The second kappa shape index (κ2) is 9.99. The van der Waals surface area contributed by atoms with E-state index < -0.39 is 0 Å². The summed E-state index contributed by atoms with van der Waals surface area (Å²) in [6, 6.07) is 17.6. The molecule has 2 aromatic rings. The molecule has 0 aliphatic carbocycles. The fourth-order valence-electron chi connectivity index (χ4n) is 2.38. The number of benzene rings is 2. The minimum absolute atomic E-state index is 0.512. The molecular weight excluding hydrogens is 312 g/mol. The summed E-state index contributed by atoms with van der Waals surface area (Å²) < 4.78 is 5.65. The summed E-state index contributed by atoms with van der Waals surface area (Å²) in [5, 5.41) is 15.5. The molecule has 0 fully saturated rings. The van der Waals surface area contributed by atoms with Gasteiger partial charge in [0.2, 0.25) is 0 Å². The third-order valence-corrected chi connectivity index (χ3v) is 3.54. The molecule has 0 aromatic heterocycles. The quantitative estimate of drug-likeness (QED) is 0.602. The van der Waals surface area contributed by atoms with Crippen LogP contribution >= 0.6 is 0 Å². The van der Waals surface area contributed by atoms with Gasteiger partial charge in [-0.25, -0.2) is 4.99 Å². The zero-order valence-corrected chi connectivity index (χ0v) is 14.7. The summed E-state index contributed by atoms with van der Waals surface area (Å²) in [5.74, 6) is 1.62. The Balaban J connectivity index is 2.04. The number of ether oxygens (including phenoxy) is 1. The highest BCUT2D eigenvalue weighted by Gasteiger charge is 2.04. The average Bonchev–Trinajstić information content (AvgIpc) is 2.65. The highest BCUT2D eigenvalue weighted by molar-refractivity contribution is 5.79. The molecule has 5 heteroatoms. The van der Waals surface area contributed by atoms with Crippen LogP contribution in [0, 0.1) is 11.3 Å². The van der Waals surface area contributed by atoms with E-state index in [-0.39, 0.29) is 0 Å². The Bertz CT molecular complexity index is 749. The van der Waals surface area contributed by atoms with E-state index in [1.54, 1.807) is 6.07 Å². The molecule has 2 N–H and O–H groups in total. The molecule has 0 bridgehead atoms. The minimum Gasteiger partial charge on any atom is -0.494 e. The lowest BCUT2D eigenvalue weighted by molar-refractivity contribution is 0.336. The van der Waals surface area contributed by atoms with Crippen LogP contribution in [-0.2, 0) is 13.1 Å². The zero-order valence-electron chi connectivity index (χ0n) is 14.7. The van der Waals surface area contributed by atoms with E-state index in [0.717, 1.165) is 29.4 Å². The molecule has 0 radical (unpaired) electrons. The maximum atomic E-state index is 8.98. The summed E-state index contributed by atoms with van der Waals surface area (Å²) in [6.07, 6.45) is 0. The first-order chi connectivity index (χ1) is 12.3. The van der Waals surface area contributed by atoms with Crippen LogP contribution in [0.25, 0.3) is 0 Å². The van der Waals surface area contributed by atoms with E-state index in [0.29, 0.717) is 25.3 Å². The van der Waals surface area contributed by atoms with Crippen molar-refractivity contribution in [3.63, 3.8) is 0 Å². The Morgan fingerprint density at radius 3 is 2.72 bits per heavy atom. The Morgan fingerprint density at radius 1 is 1.12 bits per heavy atom. The summed E-state index contributed by atoms with van der Waals surface area (Å²) in [6.45, 7) is 6.56. The van der Waals surface area contributed by atoms with Crippen molar-refractivity contribution in [1.82, 2.24) is 10.6 Å². The van der Waals surface area contributed by atoms with Crippen LogP contribution in [0.4, 0.5) is 0 Å². The number of nitrogens with one attached hydrogen (secondary N) is 2. The minimum atomic E-state index is 0.512. The molecule has 0 saturated heterocycles. The molecule has 130 valence electrons. The first kappa shape index (κ1) is 18.3. The number of aliphatic imine (C=N–C) groups is 1. The van der Waals surface area contributed by atoms with E-state index >= 15 is 0 Å². The third-order valence-electron chi connectivity index (χ3n) is 3.54. The second-order valence-corrected chi connectivity index (χ2v) is 5.40. The monoisotopic (exact) mass is 336 g/mol. The van der Waals surface area contributed by atoms with Crippen LogP contribution in [0.15, 0.2) is 53.5 Å². The Labute approximate surface area is 149 Å². The van der Waals surface area contributed by atoms with Gasteiger partial charge < -0.3 is 15.4 Å². The molecule has 5 nitrogen and oxygen atoms in total. The van der Waals surface area contributed by atoms with Gasteiger partial charge in [0, 0.05) is 18.7 Å². The number of guanidine groups is 1. The predicted octanol–water partition coefficient (Wildman–Crippen LogP) is 3.21. The molecule has 0 unspecified atom stereocenters. The first-order valence-electron chi connectivity index (χ1n) is 8.48. The van der Waals surface area contributed by atoms with Gasteiger partial charge in [0.15, 0.2) is 5.96 Å². The Morgan fingerprint density at radius 2 is 1.96 bits per heavy atom. The van der Waals surface area contributed by atoms with Crippen molar-refractivity contribution in [3.05, 3.63) is 65.2 Å². The normalized spacial score (nSPS) is 10.8. The van der Waals surface area contributed by atoms with Gasteiger partial charge in [-0.2, -0.15) is 5.26 Å². The fraction of sp³-hybridized carbons (Fsp3) is 0.300. The van der Waals surface area contributed by atoms with E-state index in [1.807, 2.05) is 56.3 Å². The molecule has 0 amide bonds. The van der Waals surface area contributed by atoms with Crippen molar-refractivity contribution in [2.75, 3.05) is 13.2 Å². The van der Waals surface area contributed by atoms with Crippen molar-refractivity contribution in [3.8, 4) is 11.8 Å². The topological polar surface area (TPSA) is 69.4 Å².